The summed E-state index contributed by atoms with van der Waals surface area (Å²) in [6.07, 6.45) is 12.4. The first-order valence-corrected chi connectivity index (χ1v) is 9.04. The third-order valence-electron chi connectivity index (χ3n) is 7.68. The van der Waals surface area contributed by atoms with Crippen molar-refractivity contribution in [2.24, 2.45) is 34.5 Å². The molecule has 3 rings (SSSR count). The molecular formula is C20H32O. The summed E-state index contributed by atoms with van der Waals surface area (Å²) in [5.41, 5.74) is 2.49. The Kier molecular flexibility index (Phi) is 3.83. The summed E-state index contributed by atoms with van der Waals surface area (Å²) in [6.45, 7) is 10.0. The van der Waals surface area contributed by atoms with Gasteiger partial charge in [-0.05, 0) is 79.1 Å². The lowest BCUT2D eigenvalue weighted by Gasteiger charge is -2.61. The zero-order valence-electron chi connectivity index (χ0n) is 14.3. The summed E-state index contributed by atoms with van der Waals surface area (Å²) in [6, 6.07) is 0. The molecule has 1 heteroatoms. The van der Waals surface area contributed by atoms with Crippen LogP contribution in [-0.2, 0) is 4.79 Å². The second kappa shape index (κ2) is 5.25. The van der Waals surface area contributed by atoms with Crippen LogP contribution < -0.4 is 0 Å². The largest absolute Gasteiger partial charge is 0.299 e. The van der Waals surface area contributed by atoms with Crippen molar-refractivity contribution in [3.05, 3.63) is 11.6 Å². The number of rotatable bonds is 1. The first-order valence-electron chi connectivity index (χ1n) is 9.04. The highest BCUT2D eigenvalue weighted by Gasteiger charge is 2.56. The maximum Gasteiger partial charge on any atom is 0.142 e. The molecule has 3 fully saturated rings. The normalized spacial score (nSPS) is 47.5. The van der Waals surface area contributed by atoms with Gasteiger partial charge in [0, 0.05) is 0 Å². The monoisotopic (exact) mass is 288 g/mol. The van der Waals surface area contributed by atoms with E-state index in [1.54, 1.807) is 0 Å². The average molecular weight is 288 g/mol. The van der Waals surface area contributed by atoms with Crippen LogP contribution in [0.1, 0.15) is 72.6 Å². The Morgan fingerprint density at radius 3 is 2.57 bits per heavy atom. The predicted molar refractivity (Wildman–Crippen MR) is 88.0 cm³/mol. The molecule has 0 radical (unpaired) electrons. The van der Waals surface area contributed by atoms with Crippen molar-refractivity contribution in [3.8, 4) is 0 Å². The van der Waals surface area contributed by atoms with E-state index in [1.807, 2.05) is 6.08 Å². The van der Waals surface area contributed by atoms with Crippen molar-refractivity contribution in [3.63, 3.8) is 0 Å². The Morgan fingerprint density at radius 1 is 1.10 bits per heavy atom. The van der Waals surface area contributed by atoms with Crippen LogP contribution >= 0.6 is 0 Å². The van der Waals surface area contributed by atoms with Crippen molar-refractivity contribution < 1.29 is 4.79 Å². The molecule has 0 N–H and O–H groups in total. The number of allylic oxidation sites excluding steroid dienone is 2. The van der Waals surface area contributed by atoms with Gasteiger partial charge < -0.3 is 0 Å². The molecule has 0 amide bonds. The molecule has 3 saturated carbocycles. The zero-order chi connectivity index (χ0) is 15.3. The Bertz CT molecular complexity index is 447. The standard InChI is InChI=1S/C20H32O/c1-14-15(10-13-21)6-8-17-16(14)7-9-18-19(2,3)11-5-12-20(17,18)4/h10,13-14,16-18H,5-9,11-12H2,1-4H3/b15-10+/t14-,16-,17-,18-,20+/m0/s1. The van der Waals surface area contributed by atoms with Crippen LogP contribution in [0.2, 0.25) is 0 Å². The van der Waals surface area contributed by atoms with Gasteiger partial charge >= 0.3 is 0 Å². The molecule has 0 aromatic carbocycles. The fraction of sp³-hybridized carbons (Fsp3) is 0.850. The maximum atomic E-state index is 10.9. The molecule has 5 atom stereocenters. The van der Waals surface area contributed by atoms with Gasteiger partial charge in [-0.2, -0.15) is 0 Å². The summed E-state index contributed by atoms with van der Waals surface area (Å²) in [5, 5.41) is 0. The SMILES string of the molecule is C[C@H]1/C(=C/C=O)CC[C@H]2[C@H]1CC[C@H]1C(C)(C)CCC[C@]21C. The molecule has 118 valence electrons. The number of aldehydes is 1. The van der Waals surface area contributed by atoms with Gasteiger partial charge in [0.05, 0.1) is 0 Å². The van der Waals surface area contributed by atoms with Crippen molar-refractivity contribution >= 4 is 6.29 Å². The van der Waals surface area contributed by atoms with Crippen LogP contribution in [0.4, 0.5) is 0 Å². The fourth-order valence-electron chi connectivity index (χ4n) is 6.67. The Hall–Kier alpha value is -0.590. The highest BCUT2D eigenvalue weighted by atomic mass is 16.1. The first kappa shape index (κ1) is 15.3. The minimum Gasteiger partial charge on any atom is -0.299 e. The van der Waals surface area contributed by atoms with Crippen molar-refractivity contribution in [1.82, 2.24) is 0 Å². The Balaban J connectivity index is 1.90. The quantitative estimate of drug-likeness (QED) is 0.466. The predicted octanol–water partition coefficient (Wildman–Crippen LogP) is 5.40. The van der Waals surface area contributed by atoms with E-state index in [0.717, 1.165) is 30.5 Å². The molecule has 21 heavy (non-hydrogen) atoms. The average Bonchev–Trinajstić information content (AvgIpc) is 2.41. The van der Waals surface area contributed by atoms with E-state index in [4.69, 9.17) is 0 Å². The van der Waals surface area contributed by atoms with Crippen molar-refractivity contribution in [1.29, 1.82) is 0 Å². The van der Waals surface area contributed by atoms with Crippen LogP contribution in [0.3, 0.4) is 0 Å². The molecule has 0 spiro atoms. The lowest BCUT2D eigenvalue weighted by Crippen LogP contribution is -2.53. The zero-order valence-corrected chi connectivity index (χ0v) is 14.3. The lowest BCUT2D eigenvalue weighted by atomic mass is 9.43. The summed E-state index contributed by atoms with van der Waals surface area (Å²) in [5.74, 6) is 3.23. The second-order valence-corrected chi connectivity index (χ2v) is 8.95. The Morgan fingerprint density at radius 2 is 1.86 bits per heavy atom. The lowest BCUT2D eigenvalue weighted by molar-refractivity contribution is -0.113. The first-order chi connectivity index (χ1) is 9.90. The van der Waals surface area contributed by atoms with Gasteiger partial charge in [-0.3, -0.25) is 4.79 Å². The fourth-order valence-corrected chi connectivity index (χ4v) is 6.67. The van der Waals surface area contributed by atoms with E-state index < -0.39 is 0 Å². The highest BCUT2D eigenvalue weighted by molar-refractivity contribution is 5.66. The van der Waals surface area contributed by atoms with Crippen LogP contribution in [0.15, 0.2) is 11.6 Å². The number of carbonyl (C=O) groups excluding carboxylic acids is 1. The molecule has 0 saturated heterocycles. The summed E-state index contributed by atoms with van der Waals surface area (Å²) < 4.78 is 0. The van der Waals surface area contributed by atoms with E-state index in [9.17, 15) is 4.79 Å². The smallest absolute Gasteiger partial charge is 0.142 e. The minimum atomic E-state index is 0.528. The van der Waals surface area contributed by atoms with Crippen molar-refractivity contribution in [2.45, 2.75) is 72.6 Å². The molecular weight excluding hydrogens is 256 g/mol. The number of hydrogen-bond acceptors (Lipinski definition) is 1. The molecule has 0 unspecified atom stereocenters. The van der Waals surface area contributed by atoms with Gasteiger partial charge in [-0.25, -0.2) is 0 Å². The van der Waals surface area contributed by atoms with Crippen LogP contribution in [-0.4, -0.2) is 6.29 Å². The van der Waals surface area contributed by atoms with Gasteiger partial charge in [0.2, 0.25) is 0 Å². The molecule has 0 heterocycles. The summed E-state index contributed by atoms with van der Waals surface area (Å²) >= 11 is 0. The molecule has 1 nitrogen and oxygen atoms in total. The van der Waals surface area contributed by atoms with Crippen LogP contribution in [0, 0.1) is 34.5 Å². The van der Waals surface area contributed by atoms with Gasteiger partial charge in [0.25, 0.3) is 0 Å². The van der Waals surface area contributed by atoms with E-state index in [1.165, 1.54) is 44.1 Å². The molecule has 0 aromatic rings. The van der Waals surface area contributed by atoms with Crippen molar-refractivity contribution in [2.75, 3.05) is 0 Å². The summed E-state index contributed by atoms with van der Waals surface area (Å²) in [7, 11) is 0. The molecule has 3 aliphatic rings. The van der Waals surface area contributed by atoms with Gasteiger partial charge in [-0.15, -0.1) is 0 Å². The minimum absolute atomic E-state index is 0.528. The maximum absolute atomic E-state index is 10.9. The van der Waals surface area contributed by atoms with Gasteiger partial charge in [0.15, 0.2) is 0 Å². The van der Waals surface area contributed by atoms with E-state index in [2.05, 4.69) is 27.7 Å². The number of carbonyl (C=O) groups is 1. The van der Waals surface area contributed by atoms with Gasteiger partial charge in [-0.1, -0.05) is 39.7 Å². The highest BCUT2D eigenvalue weighted by Crippen LogP contribution is 2.64. The van der Waals surface area contributed by atoms with E-state index >= 15 is 0 Å². The molecule has 0 aliphatic heterocycles. The van der Waals surface area contributed by atoms with E-state index in [0.29, 0.717) is 16.7 Å². The van der Waals surface area contributed by atoms with Crippen LogP contribution in [0.5, 0.6) is 0 Å². The topological polar surface area (TPSA) is 17.1 Å². The van der Waals surface area contributed by atoms with Crippen LogP contribution in [0.25, 0.3) is 0 Å². The third kappa shape index (κ3) is 2.32. The number of fused-ring (bicyclic) bond motifs is 3. The molecule has 3 aliphatic carbocycles. The Labute approximate surface area is 130 Å². The molecule has 0 aromatic heterocycles. The molecule has 0 bridgehead atoms. The third-order valence-corrected chi connectivity index (χ3v) is 7.68. The number of hydrogen-bond donors (Lipinski definition) is 0. The second-order valence-electron chi connectivity index (χ2n) is 8.95. The van der Waals surface area contributed by atoms with E-state index in [-0.39, 0.29) is 0 Å². The van der Waals surface area contributed by atoms with Gasteiger partial charge in [0.1, 0.15) is 6.29 Å². The summed E-state index contributed by atoms with van der Waals surface area (Å²) in [4.78, 5) is 10.9.